The van der Waals surface area contributed by atoms with Crippen molar-refractivity contribution in [1.29, 1.82) is 0 Å². The molecule has 1 aromatic heterocycles. The van der Waals surface area contributed by atoms with Gasteiger partial charge >= 0.3 is 0 Å². The summed E-state index contributed by atoms with van der Waals surface area (Å²) in [7, 11) is 2.20. The molecule has 0 radical (unpaired) electrons. The zero-order valence-electron chi connectivity index (χ0n) is 14.7. The smallest absolute Gasteiger partial charge is 0.272 e. The number of amides is 1. The molecule has 2 aromatic rings. The molecule has 0 N–H and O–H groups in total. The molecule has 130 valence electrons. The molecule has 0 bridgehead atoms. The Morgan fingerprint density at radius 1 is 1.08 bits per heavy atom. The molecule has 0 spiro atoms. The van der Waals surface area contributed by atoms with Gasteiger partial charge in [-0.15, -0.1) is 0 Å². The Labute approximate surface area is 149 Å². The number of aromatic nitrogens is 1. The van der Waals surface area contributed by atoms with E-state index in [1.807, 2.05) is 18.2 Å². The van der Waals surface area contributed by atoms with Gasteiger partial charge in [0.15, 0.2) is 0 Å². The fraction of sp³-hybridized carbons (Fsp3) is 0.429. The van der Waals surface area contributed by atoms with Gasteiger partial charge in [0.05, 0.1) is 6.04 Å². The molecule has 3 heterocycles. The lowest BCUT2D eigenvalue weighted by Gasteiger charge is -2.35. The summed E-state index contributed by atoms with van der Waals surface area (Å²) in [6.07, 6.45) is 5.12. The van der Waals surface area contributed by atoms with Gasteiger partial charge < -0.3 is 9.80 Å². The molecule has 1 aromatic carbocycles. The van der Waals surface area contributed by atoms with Crippen LogP contribution in [0.25, 0.3) is 0 Å². The molecule has 4 heteroatoms. The minimum atomic E-state index is 0.0775. The van der Waals surface area contributed by atoms with E-state index >= 15 is 0 Å². The van der Waals surface area contributed by atoms with Crippen LogP contribution < -0.4 is 0 Å². The van der Waals surface area contributed by atoms with E-state index in [0.717, 1.165) is 25.9 Å². The van der Waals surface area contributed by atoms with Gasteiger partial charge in [-0.25, -0.2) is 0 Å². The van der Waals surface area contributed by atoms with Gasteiger partial charge in [-0.2, -0.15) is 0 Å². The second kappa shape index (κ2) is 6.96. The SMILES string of the molecule is CN1C[C@@H](c2ccccc2)[C@H]2[C@@H]1CCCCN2C(=O)c1ccccn1. The summed E-state index contributed by atoms with van der Waals surface area (Å²) in [5.41, 5.74) is 1.90. The van der Waals surface area contributed by atoms with Crippen molar-refractivity contribution in [1.82, 2.24) is 14.8 Å². The van der Waals surface area contributed by atoms with Crippen LogP contribution in [-0.4, -0.2) is 52.9 Å². The summed E-state index contributed by atoms with van der Waals surface area (Å²) < 4.78 is 0. The first-order valence-electron chi connectivity index (χ1n) is 9.23. The first kappa shape index (κ1) is 16.3. The highest BCUT2D eigenvalue weighted by Gasteiger charge is 2.46. The van der Waals surface area contributed by atoms with Gasteiger partial charge in [0.2, 0.25) is 0 Å². The van der Waals surface area contributed by atoms with Crippen LogP contribution in [0.1, 0.15) is 41.2 Å². The molecule has 2 saturated heterocycles. The number of likely N-dealkylation sites (tertiary alicyclic amines) is 2. The Balaban J connectivity index is 1.71. The van der Waals surface area contributed by atoms with Crippen LogP contribution >= 0.6 is 0 Å². The van der Waals surface area contributed by atoms with Crippen molar-refractivity contribution in [3.8, 4) is 0 Å². The summed E-state index contributed by atoms with van der Waals surface area (Å²) in [5.74, 6) is 0.440. The molecule has 2 aliphatic rings. The summed E-state index contributed by atoms with van der Waals surface area (Å²) in [6.45, 7) is 1.83. The predicted octanol–water partition coefficient (Wildman–Crippen LogP) is 3.17. The number of likely N-dealkylation sites (N-methyl/N-ethyl adjacent to an activating group) is 1. The van der Waals surface area contributed by atoms with Gasteiger partial charge in [-0.1, -0.05) is 42.8 Å². The van der Waals surface area contributed by atoms with Crippen molar-refractivity contribution < 1.29 is 4.79 Å². The van der Waals surface area contributed by atoms with E-state index in [1.165, 1.54) is 12.0 Å². The highest BCUT2D eigenvalue weighted by molar-refractivity contribution is 5.92. The molecule has 4 nitrogen and oxygen atoms in total. The second-order valence-electron chi connectivity index (χ2n) is 7.22. The van der Waals surface area contributed by atoms with Crippen molar-refractivity contribution in [3.63, 3.8) is 0 Å². The largest absolute Gasteiger partial charge is 0.332 e. The number of carbonyl (C=O) groups excluding carboxylic acids is 1. The lowest BCUT2D eigenvalue weighted by atomic mass is 9.89. The van der Waals surface area contributed by atoms with Crippen LogP contribution in [0.4, 0.5) is 0 Å². The lowest BCUT2D eigenvalue weighted by molar-refractivity contribution is 0.0639. The number of rotatable bonds is 2. The monoisotopic (exact) mass is 335 g/mol. The topological polar surface area (TPSA) is 36.4 Å². The summed E-state index contributed by atoms with van der Waals surface area (Å²) >= 11 is 0. The molecule has 0 unspecified atom stereocenters. The van der Waals surface area contributed by atoms with E-state index in [1.54, 1.807) is 6.20 Å². The first-order valence-corrected chi connectivity index (χ1v) is 9.23. The maximum atomic E-state index is 13.2. The standard InChI is InChI=1S/C21H25N3O/c1-23-15-17(16-9-3-2-4-10-16)20-19(23)12-6-8-14-24(20)21(25)18-11-5-7-13-22-18/h2-5,7,9-11,13,17,19-20H,6,8,12,14-15H2,1H3/t17-,19-,20-/m0/s1. The summed E-state index contributed by atoms with van der Waals surface area (Å²) in [4.78, 5) is 22.1. The van der Waals surface area contributed by atoms with Crippen LogP contribution in [0.15, 0.2) is 54.7 Å². The average Bonchev–Trinajstić information content (AvgIpc) is 2.85. The summed E-state index contributed by atoms with van der Waals surface area (Å²) in [6, 6.07) is 16.9. The average molecular weight is 335 g/mol. The van der Waals surface area contributed by atoms with Gasteiger partial charge in [-0.05, 0) is 37.6 Å². The second-order valence-corrected chi connectivity index (χ2v) is 7.22. The van der Waals surface area contributed by atoms with Crippen molar-refractivity contribution in [2.75, 3.05) is 20.1 Å². The van der Waals surface area contributed by atoms with Gasteiger partial charge in [-0.3, -0.25) is 9.78 Å². The minimum Gasteiger partial charge on any atom is -0.332 e. The minimum absolute atomic E-state index is 0.0775. The van der Waals surface area contributed by atoms with Crippen LogP contribution in [-0.2, 0) is 0 Å². The lowest BCUT2D eigenvalue weighted by Crippen LogP contribution is -2.48. The zero-order chi connectivity index (χ0) is 17.2. The van der Waals surface area contributed by atoms with Gasteiger partial charge in [0.25, 0.3) is 5.91 Å². The molecule has 0 saturated carbocycles. The van der Waals surface area contributed by atoms with E-state index in [0.29, 0.717) is 17.7 Å². The van der Waals surface area contributed by atoms with Crippen LogP contribution in [0.5, 0.6) is 0 Å². The van der Waals surface area contributed by atoms with Gasteiger partial charge in [0, 0.05) is 31.2 Å². The molecule has 1 amide bonds. The quantitative estimate of drug-likeness (QED) is 0.846. The maximum absolute atomic E-state index is 13.2. The van der Waals surface area contributed by atoms with Crippen LogP contribution in [0.2, 0.25) is 0 Å². The van der Waals surface area contributed by atoms with E-state index in [4.69, 9.17) is 0 Å². The number of fused-ring (bicyclic) bond motifs is 1. The summed E-state index contributed by atoms with van der Waals surface area (Å²) in [5, 5.41) is 0. The van der Waals surface area contributed by atoms with E-state index in [2.05, 4.69) is 52.2 Å². The predicted molar refractivity (Wildman–Crippen MR) is 98.5 cm³/mol. The Hall–Kier alpha value is -2.20. The number of carbonyl (C=O) groups is 1. The van der Waals surface area contributed by atoms with E-state index in [-0.39, 0.29) is 11.9 Å². The van der Waals surface area contributed by atoms with E-state index < -0.39 is 0 Å². The number of nitrogens with zero attached hydrogens (tertiary/aromatic N) is 3. The molecular formula is C21H25N3O. The number of hydrogen-bond donors (Lipinski definition) is 0. The third-order valence-electron chi connectivity index (χ3n) is 5.74. The molecule has 2 fully saturated rings. The molecule has 4 rings (SSSR count). The number of benzene rings is 1. The Morgan fingerprint density at radius 2 is 1.88 bits per heavy atom. The van der Waals surface area contributed by atoms with Crippen LogP contribution in [0.3, 0.4) is 0 Å². The first-order chi connectivity index (χ1) is 12.3. The number of hydrogen-bond acceptors (Lipinski definition) is 3. The Kier molecular flexibility index (Phi) is 4.53. The van der Waals surface area contributed by atoms with Crippen molar-refractivity contribution in [2.24, 2.45) is 0 Å². The third-order valence-corrected chi connectivity index (χ3v) is 5.74. The van der Waals surface area contributed by atoms with Crippen molar-refractivity contribution >= 4 is 5.91 Å². The maximum Gasteiger partial charge on any atom is 0.272 e. The van der Waals surface area contributed by atoms with Crippen LogP contribution in [0, 0.1) is 0 Å². The highest BCUT2D eigenvalue weighted by Crippen LogP contribution is 2.39. The molecular weight excluding hydrogens is 310 g/mol. The zero-order valence-corrected chi connectivity index (χ0v) is 14.7. The number of pyridine rings is 1. The fourth-order valence-electron chi connectivity index (χ4n) is 4.56. The molecule has 0 aliphatic carbocycles. The fourth-order valence-corrected chi connectivity index (χ4v) is 4.56. The molecule has 3 atom stereocenters. The Morgan fingerprint density at radius 3 is 2.64 bits per heavy atom. The molecule has 25 heavy (non-hydrogen) atoms. The third kappa shape index (κ3) is 3.07. The van der Waals surface area contributed by atoms with Crippen molar-refractivity contribution in [3.05, 3.63) is 66.0 Å². The normalized spacial score (nSPS) is 26.9. The highest BCUT2D eigenvalue weighted by atomic mass is 16.2. The van der Waals surface area contributed by atoms with Crippen molar-refractivity contribution in [2.45, 2.75) is 37.3 Å². The van der Waals surface area contributed by atoms with Gasteiger partial charge in [0.1, 0.15) is 5.69 Å². The Bertz CT molecular complexity index is 718. The molecule has 2 aliphatic heterocycles. The van der Waals surface area contributed by atoms with E-state index in [9.17, 15) is 4.79 Å².